The topological polar surface area (TPSA) is 289 Å². The molecule has 336 valence electrons. The first kappa shape index (κ1) is 43.0. The molecule has 6 aromatic rings. The zero-order valence-electron chi connectivity index (χ0n) is 34.2. The van der Waals surface area contributed by atoms with Crippen molar-refractivity contribution >= 4 is 60.1 Å². The van der Waals surface area contributed by atoms with E-state index in [9.17, 15) is 24.2 Å². The van der Waals surface area contributed by atoms with E-state index in [1.54, 1.807) is 47.9 Å². The largest absolute Gasteiger partial charge is 0.472 e. The molecule has 0 radical (unpaired) electrons. The number of carbonyl (C=O) groups excluding carboxylic acids is 1. The Balaban J connectivity index is 0.980. The van der Waals surface area contributed by atoms with E-state index in [-0.39, 0.29) is 28.6 Å². The molecule has 2 saturated carbocycles. The van der Waals surface area contributed by atoms with Gasteiger partial charge in [-0.1, -0.05) is 29.8 Å². The summed E-state index contributed by atoms with van der Waals surface area (Å²) < 4.78 is 74.6. The van der Waals surface area contributed by atoms with Crippen LogP contribution in [-0.2, 0) is 42.5 Å². The monoisotopic (exact) mass is 937 g/mol. The summed E-state index contributed by atoms with van der Waals surface area (Å²) in [6.07, 6.45) is -3.31. The predicted octanol–water partition coefficient (Wildman–Crippen LogP) is 4.17. The Morgan fingerprint density at radius 3 is 2.52 bits per heavy atom. The molecule has 22 nitrogen and oxygen atoms in total. The summed E-state index contributed by atoms with van der Waals surface area (Å²) in [6.45, 7) is -1.83. The number of aliphatic hydroxyl groups excluding tert-OH is 1. The number of nitrogens with one attached hydrogen (secondary N) is 1. The summed E-state index contributed by atoms with van der Waals surface area (Å²) in [6, 6.07) is 12.8. The van der Waals surface area contributed by atoms with Gasteiger partial charge in [-0.2, -0.15) is 0 Å². The average molecular weight is 938 g/mol. The molecule has 4 aliphatic rings. The Morgan fingerprint density at radius 1 is 1.00 bits per heavy atom. The molecule has 2 aromatic carbocycles. The molecule has 0 amide bonds. The van der Waals surface area contributed by atoms with Gasteiger partial charge >= 0.3 is 20.6 Å². The number of benzene rings is 2. The van der Waals surface area contributed by atoms with Gasteiger partial charge in [-0.15, -0.1) is 0 Å². The second kappa shape index (κ2) is 16.2. The predicted molar refractivity (Wildman–Crippen MR) is 226 cm³/mol. The molecular weight excluding hydrogens is 896 g/mol. The molecular formula is C39H41N9O13P2S. The van der Waals surface area contributed by atoms with Crippen LogP contribution in [0.5, 0.6) is 5.75 Å². The van der Waals surface area contributed by atoms with Crippen molar-refractivity contribution < 1.29 is 56.2 Å². The Bertz CT molecular complexity index is 2940. The summed E-state index contributed by atoms with van der Waals surface area (Å²) in [5, 5.41) is 12.2. The first-order valence-corrected chi connectivity index (χ1v) is 24.6. The molecule has 4 fully saturated rings. The third kappa shape index (κ3) is 7.67. The van der Waals surface area contributed by atoms with Gasteiger partial charge in [-0.3, -0.25) is 27.5 Å². The van der Waals surface area contributed by atoms with Gasteiger partial charge in [0.25, 0.3) is 5.56 Å². The van der Waals surface area contributed by atoms with Gasteiger partial charge in [0.15, 0.2) is 28.9 Å². The van der Waals surface area contributed by atoms with E-state index < -0.39 is 93.5 Å². The summed E-state index contributed by atoms with van der Waals surface area (Å²) in [5.41, 5.74) is 7.14. The number of methoxy groups -OCH3 is 1. The highest BCUT2D eigenvalue weighted by molar-refractivity contribution is 8.54. The van der Waals surface area contributed by atoms with Gasteiger partial charge in [0.2, 0.25) is 0 Å². The fourth-order valence-electron chi connectivity index (χ4n) is 8.89. The molecule has 1 spiro atoms. The van der Waals surface area contributed by atoms with Crippen LogP contribution in [0.2, 0.25) is 0 Å². The number of hydrogen-bond acceptors (Lipinski definition) is 19. The second-order valence-corrected chi connectivity index (χ2v) is 21.5. The number of nitrogens with two attached hydrogens (primary N) is 1. The number of phosphoric ester groups is 1. The van der Waals surface area contributed by atoms with E-state index in [2.05, 4.69) is 29.9 Å². The molecule has 5 N–H and O–H groups in total. The van der Waals surface area contributed by atoms with E-state index in [0.717, 1.165) is 16.9 Å². The van der Waals surface area contributed by atoms with Crippen molar-refractivity contribution in [2.75, 3.05) is 26.1 Å². The number of hydrogen-bond donors (Lipinski definition) is 4. The second-order valence-electron chi connectivity index (χ2n) is 16.1. The lowest BCUT2D eigenvalue weighted by molar-refractivity contribution is -0.0600. The Hall–Kier alpha value is -4.90. The Morgan fingerprint density at radius 2 is 1.75 bits per heavy atom. The van der Waals surface area contributed by atoms with E-state index in [4.69, 9.17) is 38.0 Å². The number of imidazole rings is 2. The lowest BCUT2D eigenvalue weighted by Crippen LogP contribution is -2.38. The zero-order valence-corrected chi connectivity index (χ0v) is 36.8. The number of anilines is 1. The molecule has 25 heteroatoms. The summed E-state index contributed by atoms with van der Waals surface area (Å²) in [5.74, 6) is -0.250. The maximum absolute atomic E-state index is 15.3. The number of H-pyrrole nitrogens is 1. The Kier molecular flexibility index (Phi) is 10.9. The minimum absolute atomic E-state index is 0.0229. The van der Waals surface area contributed by atoms with E-state index in [1.807, 2.05) is 19.1 Å². The molecule has 2 saturated heterocycles. The number of nitrogen functional groups attached to an aromatic ring is 1. The number of rotatable bonds is 8. The smallest absolute Gasteiger partial charge is 0.423 e. The van der Waals surface area contributed by atoms with Crippen LogP contribution in [0.4, 0.5) is 5.82 Å². The first-order valence-electron chi connectivity index (χ1n) is 20.0. The van der Waals surface area contributed by atoms with Crippen molar-refractivity contribution in [3.63, 3.8) is 0 Å². The summed E-state index contributed by atoms with van der Waals surface area (Å²) in [4.78, 5) is 60.9. The quantitative estimate of drug-likeness (QED) is 0.0946. The Labute approximate surface area is 366 Å². The summed E-state index contributed by atoms with van der Waals surface area (Å²) in [7, 11) is -3.68. The van der Waals surface area contributed by atoms with Crippen LogP contribution in [0.3, 0.4) is 0 Å². The molecule has 64 heavy (non-hydrogen) atoms. The number of aromatic nitrogens is 8. The van der Waals surface area contributed by atoms with Gasteiger partial charge in [0.05, 0.1) is 37.5 Å². The normalized spacial score (nSPS) is 32.6. The number of ether oxygens (including phenoxy) is 3. The molecule has 11 atom stereocenters. The van der Waals surface area contributed by atoms with E-state index in [1.165, 1.54) is 30.7 Å². The van der Waals surface area contributed by atoms with Gasteiger partial charge in [0.1, 0.15) is 53.9 Å². The van der Waals surface area contributed by atoms with Crippen LogP contribution >= 0.6 is 26.0 Å². The number of nitrogens with zero attached hydrogens (tertiary/aromatic N) is 7. The lowest BCUT2D eigenvalue weighted by Gasteiger charge is -2.32. The van der Waals surface area contributed by atoms with Crippen LogP contribution in [0.15, 0.2) is 72.3 Å². The van der Waals surface area contributed by atoms with Crippen LogP contribution in [-0.4, -0.2) is 106 Å². The summed E-state index contributed by atoms with van der Waals surface area (Å²) >= 11 is 0.836. The highest BCUT2D eigenvalue weighted by Crippen LogP contribution is 2.74. The van der Waals surface area contributed by atoms with Crippen LogP contribution < -0.4 is 16.0 Å². The minimum Gasteiger partial charge on any atom is -0.423 e. The van der Waals surface area contributed by atoms with E-state index in [0.29, 0.717) is 34.5 Å². The number of aromatic amines is 1. The van der Waals surface area contributed by atoms with Crippen LogP contribution in [0.25, 0.3) is 22.3 Å². The van der Waals surface area contributed by atoms with Crippen molar-refractivity contribution in [2.45, 2.75) is 68.8 Å². The average Bonchev–Trinajstić information content (AvgIpc) is 3.55. The highest BCUT2D eigenvalue weighted by atomic mass is 32.7. The first-order chi connectivity index (χ1) is 30.7. The number of fused-ring (bicyclic) bond motifs is 4. The molecule has 10 rings (SSSR count). The maximum Gasteiger partial charge on any atom is 0.472 e. The molecule has 2 unspecified atom stereocenters. The number of aliphatic hydroxyl groups is 1. The minimum atomic E-state index is -5.02. The molecule has 2 bridgehead atoms. The maximum atomic E-state index is 15.3. The van der Waals surface area contributed by atoms with Gasteiger partial charge in [0, 0.05) is 18.3 Å². The van der Waals surface area contributed by atoms with Crippen molar-refractivity contribution in [1.29, 1.82) is 0 Å². The van der Waals surface area contributed by atoms with Crippen molar-refractivity contribution in [3.8, 4) is 5.75 Å². The van der Waals surface area contributed by atoms with Gasteiger partial charge in [-0.05, 0) is 67.4 Å². The number of phosphoric acid groups is 1. The third-order valence-corrected chi connectivity index (χ3v) is 16.7. The fraction of sp³-hybridized carbons (Fsp3) is 0.410. The van der Waals surface area contributed by atoms with Crippen LogP contribution in [0.1, 0.15) is 46.0 Å². The highest BCUT2D eigenvalue weighted by Gasteiger charge is 2.74. The van der Waals surface area contributed by atoms with Crippen LogP contribution in [0, 0.1) is 25.2 Å². The van der Waals surface area contributed by atoms with Crippen molar-refractivity contribution in [1.82, 2.24) is 39.0 Å². The fourth-order valence-corrected chi connectivity index (χ4v) is 13.3. The van der Waals surface area contributed by atoms with Gasteiger partial charge in [-0.25, -0.2) is 38.8 Å². The number of aryl methyl sites for hydroxylation is 2. The molecule has 2 aliphatic carbocycles. The third-order valence-electron chi connectivity index (χ3n) is 12.1. The van der Waals surface area contributed by atoms with Gasteiger partial charge < -0.3 is 39.5 Å². The zero-order chi connectivity index (χ0) is 44.7. The number of carbonyl (C=O) groups is 1. The lowest BCUT2D eigenvalue weighted by atomic mass is 10.0. The van der Waals surface area contributed by atoms with Crippen molar-refractivity contribution in [3.05, 3.63) is 100 Å². The van der Waals surface area contributed by atoms with E-state index >= 15 is 4.57 Å². The standard InChI is InChI=1S/C39H41N9O13P2S/c1-19-4-8-22(9-5-19)38(51)58-23-10-6-21(7-11-23)14-64-63(54)56-13-25-30(55-3)31(37(59-25)48-18-44-27-35(48)45-20(2)46-36(27)50)60-62(52,53)57-15-39-12-24(39)28(29(49)32(39)61-63)47-17-43-26-33(40)41-16-42-34(26)47/h4-11,16-18,24-25,28-32,37,49H,12-15H2,1-3H3,(H,52,53)(H2,40,41,42)(H,45,46,50)/t24-,25-,28-,29+,30-,31-,32+,37-,39?,63+/m1/s1. The number of esters is 1. The molecule has 4 aromatic heterocycles. The van der Waals surface area contributed by atoms with Crippen molar-refractivity contribution in [2.24, 2.45) is 11.3 Å². The molecule has 6 heterocycles. The molecule has 2 aliphatic heterocycles. The SMILES string of the molecule is CO[C@H]1[C@H]2OP(=O)(O)OCC34C[C@@H]3[C@@H](n3cnc5c(N)ncnc53)[C@H](O)[C@@H]4O[P@@](=O)(SCc3ccc(OC(=O)c4ccc(C)cc4)cc3)OC[C@H]1O[C@H]2n1cnc2c(=O)[nH]c(C)nc21.